The average Bonchev–Trinajstić information content (AvgIpc) is 3.41. The van der Waals surface area contributed by atoms with E-state index in [1.54, 1.807) is 4.90 Å². The number of carboxylic acid groups (broad SMARTS) is 1. The summed E-state index contributed by atoms with van der Waals surface area (Å²) < 4.78 is 5.83. The van der Waals surface area contributed by atoms with E-state index in [0.717, 1.165) is 22.1 Å². The number of rotatable bonds is 11. The summed E-state index contributed by atoms with van der Waals surface area (Å²) >= 11 is 0. The van der Waals surface area contributed by atoms with E-state index < -0.39 is 24.0 Å². The molecule has 0 saturated heterocycles. The zero-order valence-electron chi connectivity index (χ0n) is 20.6. The number of hydrogen-bond donors (Lipinski definition) is 6. The Morgan fingerprint density at radius 2 is 2.00 bits per heavy atom. The highest BCUT2D eigenvalue weighted by molar-refractivity contribution is 5.85. The van der Waals surface area contributed by atoms with Crippen molar-refractivity contribution in [3.05, 3.63) is 46.7 Å². The van der Waals surface area contributed by atoms with Crippen LogP contribution < -0.4 is 22.1 Å². The number of nitrogens with zero attached hydrogens (tertiary/aromatic N) is 1. The maximum atomic E-state index is 12.4. The van der Waals surface area contributed by atoms with Crippen molar-refractivity contribution in [1.29, 1.82) is 5.41 Å². The average molecular weight is 499 g/mol. The zero-order valence-corrected chi connectivity index (χ0v) is 20.6. The fourth-order valence-corrected chi connectivity index (χ4v) is 4.14. The lowest BCUT2D eigenvalue weighted by molar-refractivity contribution is -0.141. The number of guanidine groups is 1. The Balaban J connectivity index is 1.42. The van der Waals surface area contributed by atoms with Gasteiger partial charge in [-0.1, -0.05) is 23.3 Å². The molecule has 0 bridgehead atoms. The second kappa shape index (κ2) is 11.7. The Morgan fingerprint density at radius 3 is 2.67 bits per heavy atom. The number of carbonyl (C=O) groups excluding carboxylic acids is 2. The van der Waals surface area contributed by atoms with Gasteiger partial charge in [-0.3, -0.25) is 15.0 Å². The highest BCUT2D eigenvalue weighted by Gasteiger charge is 2.24. The normalized spacial score (nSPS) is 14.9. The minimum absolute atomic E-state index is 0.0227. The Morgan fingerprint density at radius 1 is 1.25 bits per heavy atom. The van der Waals surface area contributed by atoms with Gasteiger partial charge in [-0.25, -0.2) is 4.79 Å². The molecule has 2 amide bonds. The number of aryl methyl sites for hydroxylation is 2. The molecule has 36 heavy (non-hydrogen) atoms. The van der Waals surface area contributed by atoms with Gasteiger partial charge in [0.2, 0.25) is 11.8 Å². The molecule has 1 aliphatic rings. The van der Waals surface area contributed by atoms with Gasteiger partial charge < -0.3 is 36.5 Å². The summed E-state index contributed by atoms with van der Waals surface area (Å²) in [7, 11) is 0. The van der Waals surface area contributed by atoms with E-state index in [1.807, 2.05) is 38.1 Å². The van der Waals surface area contributed by atoms with E-state index in [0.29, 0.717) is 37.3 Å². The SMILES string of the molecule is Cc1ccc2oc(CC(NC(=O)CCCNC(=O)C(N)CC3=CCN(C(=N)N)C3)C(=O)O)c(C)c2c1. The summed E-state index contributed by atoms with van der Waals surface area (Å²) in [5.41, 5.74) is 15.0. The minimum atomic E-state index is -1.15. The van der Waals surface area contributed by atoms with Crippen LogP contribution in [0, 0.1) is 19.3 Å². The minimum Gasteiger partial charge on any atom is -0.480 e. The molecule has 2 heterocycles. The summed E-state index contributed by atoms with van der Waals surface area (Å²) in [4.78, 5) is 38.0. The van der Waals surface area contributed by atoms with E-state index in [-0.39, 0.29) is 31.3 Å². The van der Waals surface area contributed by atoms with E-state index in [1.165, 1.54) is 0 Å². The molecule has 0 fully saturated rings. The molecule has 194 valence electrons. The third-order valence-corrected chi connectivity index (χ3v) is 6.25. The largest absolute Gasteiger partial charge is 0.480 e. The van der Waals surface area contributed by atoms with Gasteiger partial charge in [0, 0.05) is 37.9 Å². The number of amides is 2. The lowest BCUT2D eigenvalue weighted by atomic mass is 10.1. The van der Waals surface area contributed by atoms with Crippen LogP contribution in [-0.2, 0) is 20.8 Å². The molecular weight excluding hydrogens is 464 g/mol. The van der Waals surface area contributed by atoms with Crippen LogP contribution in [-0.4, -0.2) is 65.5 Å². The first-order valence-electron chi connectivity index (χ1n) is 11.9. The van der Waals surface area contributed by atoms with Gasteiger partial charge in [-0.2, -0.15) is 0 Å². The van der Waals surface area contributed by atoms with Crippen LogP contribution in [0.25, 0.3) is 11.0 Å². The van der Waals surface area contributed by atoms with Gasteiger partial charge in [0.25, 0.3) is 0 Å². The van der Waals surface area contributed by atoms with Gasteiger partial charge in [-0.15, -0.1) is 0 Å². The number of carboxylic acids is 1. The van der Waals surface area contributed by atoms with Crippen LogP contribution in [0.15, 0.2) is 34.3 Å². The van der Waals surface area contributed by atoms with Crippen LogP contribution in [0.1, 0.15) is 36.1 Å². The molecule has 1 aromatic heterocycles. The third kappa shape index (κ3) is 6.85. The van der Waals surface area contributed by atoms with Gasteiger partial charge >= 0.3 is 5.97 Å². The lowest BCUT2D eigenvalue weighted by Crippen LogP contribution is -2.43. The first kappa shape index (κ1) is 26.7. The molecule has 0 aliphatic carbocycles. The molecule has 0 saturated carbocycles. The first-order valence-corrected chi connectivity index (χ1v) is 11.9. The summed E-state index contributed by atoms with van der Waals surface area (Å²) in [5, 5.41) is 23.2. The molecule has 8 N–H and O–H groups in total. The van der Waals surface area contributed by atoms with Crippen LogP contribution >= 0.6 is 0 Å². The highest BCUT2D eigenvalue weighted by atomic mass is 16.4. The molecule has 1 aliphatic heterocycles. The number of benzene rings is 1. The van der Waals surface area contributed by atoms with Crippen LogP contribution in [0.4, 0.5) is 0 Å². The molecule has 1 aromatic carbocycles. The molecule has 3 rings (SSSR count). The number of aliphatic carboxylic acids is 1. The Kier molecular flexibility index (Phi) is 8.70. The third-order valence-electron chi connectivity index (χ3n) is 6.25. The quantitative estimate of drug-likeness (QED) is 0.114. The predicted molar refractivity (Wildman–Crippen MR) is 135 cm³/mol. The first-order chi connectivity index (χ1) is 17.0. The van der Waals surface area contributed by atoms with Gasteiger partial charge in [0.1, 0.15) is 17.4 Å². The van der Waals surface area contributed by atoms with Crippen LogP contribution in [0.5, 0.6) is 0 Å². The fourth-order valence-electron chi connectivity index (χ4n) is 4.14. The number of nitrogens with one attached hydrogen (secondary N) is 3. The van der Waals surface area contributed by atoms with E-state index in [9.17, 15) is 19.5 Å². The Labute approximate surface area is 209 Å². The molecule has 2 atom stereocenters. The maximum Gasteiger partial charge on any atom is 0.326 e. The Bertz CT molecular complexity index is 1190. The monoisotopic (exact) mass is 498 g/mol. The molecule has 2 aromatic rings. The number of fused-ring (bicyclic) bond motifs is 1. The number of carbonyl (C=O) groups is 3. The van der Waals surface area contributed by atoms with Gasteiger partial charge in [0.05, 0.1) is 6.04 Å². The van der Waals surface area contributed by atoms with Crippen molar-refractivity contribution in [2.45, 2.75) is 51.6 Å². The van der Waals surface area contributed by atoms with Crippen molar-refractivity contribution in [2.24, 2.45) is 11.5 Å². The van der Waals surface area contributed by atoms with Crippen molar-refractivity contribution in [2.75, 3.05) is 19.6 Å². The van der Waals surface area contributed by atoms with Crippen LogP contribution in [0.3, 0.4) is 0 Å². The van der Waals surface area contributed by atoms with Crippen LogP contribution in [0.2, 0.25) is 0 Å². The summed E-state index contributed by atoms with van der Waals surface area (Å²) in [6, 6.07) is 3.88. The Hall–Kier alpha value is -3.86. The molecule has 11 nitrogen and oxygen atoms in total. The van der Waals surface area contributed by atoms with Crippen molar-refractivity contribution < 1.29 is 23.9 Å². The number of hydrogen-bond acceptors (Lipinski definition) is 6. The van der Waals surface area contributed by atoms with E-state index in [2.05, 4.69) is 10.6 Å². The summed E-state index contributed by atoms with van der Waals surface area (Å²) in [6.45, 7) is 5.09. The molecule has 2 unspecified atom stereocenters. The highest BCUT2D eigenvalue weighted by Crippen LogP contribution is 2.27. The molecule has 0 spiro atoms. The van der Waals surface area contributed by atoms with E-state index >= 15 is 0 Å². The summed E-state index contributed by atoms with van der Waals surface area (Å²) in [5.74, 6) is -1.41. The second-order valence-corrected chi connectivity index (χ2v) is 9.15. The molecular formula is C25H34N6O5. The van der Waals surface area contributed by atoms with Gasteiger partial charge in [0.15, 0.2) is 5.96 Å². The number of furan rings is 1. The van der Waals surface area contributed by atoms with Crippen molar-refractivity contribution in [1.82, 2.24) is 15.5 Å². The topological polar surface area (TPSA) is 188 Å². The van der Waals surface area contributed by atoms with Crippen molar-refractivity contribution >= 4 is 34.7 Å². The van der Waals surface area contributed by atoms with E-state index in [4.69, 9.17) is 21.3 Å². The fraction of sp³-hybridized carbons (Fsp3) is 0.440. The number of nitrogens with two attached hydrogens (primary N) is 2. The van der Waals surface area contributed by atoms with Crippen molar-refractivity contribution in [3.63, 3.8) is 0 Å². The molecule has 11 heteroatoms. The van der Waals surface area contributed by atoms with Crippen molar-refractivity contribution in [3.8, 4) is 0 Å². The maximum absolute atomic E-state index is 12.4. The zero-order chi connectivity index (χ0) is 26.4. The summed E-state index contributed by atoms with van der Waals surface area (Å²) in [6.07, 6.45) is 2.68. The smallest absolute Gasteiger partial charge is 0.326 e. The van der Waals surface area contributed by atoms with Gasteiger partial charge in [-0.05, 0) is 44.4 Å². The second-order valence-electron chi connectivity index (χ2n) is 9.15. The standard InChI is InChI=1S/C25H34N6O5/c1-14-5-6-20-17(10-14)15(2)21(36-20)12-19(24(34)35)30-22(32)4-3-8-29-23(33)18(26)11-16-7-9-31(13-16)25(27)28/h5-7,10,18-19H,3-4,8-9,11-13,26H2,1-2H3,(H3,27,28)(H,29,33)(H,30,32)(H,34,35). The molecule has 0 radical (unpaired) electrons. The predicted octanol–water partition coefficient (Wildman–Crippen LogP) is 0.911. The lowest BCUT2D eigenvalue weighted by Gasteiger charge is -2.17.